The molecular formula is C26H33N3O3S. The van der Waals surface area contributed by atoms with Crippen molar-refractivity contribution in [1.29, 1.82) is 0 Å². The van der Waals surface area contributed by atoms with E-state index in [1.165, 1.54) is 22.5 Å². The monoisotopic (exact) mass is 467 g/mol. The van der Waals surface area contributed by atoms with E-state index in [1.54, 1.807) is 0 Å². The summed E-state index contributed by atoms with van der Waals surface area (Å²) in [7, 11) is 0. The van der Waals surface area contributed by atoms with Crippen LogP contribution in [0, 0.1) is 0 Å². The van der Waals surface area contributed by atoms with Crippen LogP contribution in [-0.2, 0) is 21.5 Å². The number of nitrogens with zero attached hydrogens (tertiary/aromatic N) is 2. The molecule has 0 radical (unpaired) electrons. The van der Waals surface area contributed by atoms with E-state index < -0.39 is 0 Å². The Balaban J connectivity index is 1.23. The highest BCUT2D eigenvalue weighted by Gasteiger charge is 2.14. The number of nitrogens with one attached hydrogen (secondary N) is 1. The first-order valence-corrected chi connectivity index (χ1v) is 12.4. The molecule has 1 amide bonds. The standard InChI is InChI=1S/C26H33N3O3S/c1-26(2,3)20-7-9-21(10-8-20)32-14-4-5-24(30)28-25-27-22-11-6-19(17-23(22)33-25)18-29-12-15-31-16-13-29/h6-11,17H,4-5,12-16,18H2,1-3H3,(H,27,28,30). The Morgan fingerprint density at radius 3 is 2.64 bits per heavy atom. The summed E-state index contributed by atoms with van der Waals surface area (Å²) >= 11 is 1.52. The van der Waals surface area contributed by atoms with Gasteiger partial charge >= 0.3 is 0 Å². The number of anilines is 1. The van der Waals surface area contributed by atoms with Crippen molar-refractivity contribution >= 4 is 32.6 Å². The van der Waals surface area contributed by atoms with Crippen molar-refractivity contribution in [3.05, 3.63) is 53.6 Å². The van der Waals surface area contributed by atoms with E-state index in [9.17, 15) is 4.79 Å². The minimum Gasteiger partial charge on any atom is -0.494 e. The molecule has 1 N–H and O–H groups in total. The van der Waals surface area contributed by atoms with Gasteiger partial charge < -0.3 is 14.8 Å². The van der Waals surface area contributed by atoms with Gasteiger partial charge in [-0.1, -0.05) is 50.3 Å². The van der Waals surface area contributed by atoms with Crippen molar-refractivity contribution in [2.24, 2.45) is 0 Å². The maximum atomic E-state index is 12.4. The minimum absolute atomic E-state index is 0.0331. The third-order valence-corrected chi connectivity index (χ3v) is 6.68. The van der Waals surface area contributed by atoms with E-state index in [0.29, 0.717) is 24.6 Å². The van der Waals surface area contributed by atoms with Crippen LogP contribution >= 0.6 is 11.3 Å². The molecule has 33 heavy (non-hydrogen) atoms. The molecule has 0 bridgehead atoms. The van der Waals surface area contributed by atoms with Gasteiger partial charge in [0.2, 0.25) is 5.91 Å². The minimum atomic E-state index is -0.0331. The number of benzene rings is 2. The fourth-order valence-corrected chi connectivity index (χ4v) is 4.74. The lowest BCUT2D eigenvalue weighted by Gasteiger charge is -2.26. The fraction of sp³-hybridized carbons (Fsp3) is 0.462. The lowest BCUT2D eigenvalue weighted by molar-refractivity contribution is -0.116. The summed E-state index contributed by atoms with van der Waals surface area (Å²) < 4.78 is 12.3. The first kappa shape index (κ1) is 23.7. The Hall–Kier alpha value is -2.48. The van der Waals surface area contributed by atoms with Gasteiger partial charge in [-0.2, -0.15) is 0 Å². The zero-order valence-corrected chi connectivity index (χ0v) is 20.5. The molecule has 6 nitrogen and oxygen atoms in total. The number of carbonyl (C=O) groups is 1. The molecule has 1 aromatic heterocycles. The molecule has 0 spiro atoms. The average Bonchev–Trinajstić information content (AvgIpc) is 3.18. The molecule has 0 saturated carbocycles. The van der Waals surface area contributed by atoms with Gasteiger partial charge in [0.05, 0.1) is 30.0 Å². The van der Waals surface area contributed by atoms with Gasteiger partial charge in [0.25, 0.3) is 0 Å². The Labute approximate surface area is 199 Å². The smallest absolute Gasteiger partial charge is 0.226 e. The molecule has 3 aromatic rings. The van der Waals surface area contributed by atoms with Crippen molar-refractivity contribution in [3.8, 4) is 5.75 Å². The lowest BCUT2D eigenvalue weighted by Crippen LogP contribution is -2.35. The van der Waals surface area contributed by atoms with Crippen LogP contribution in [0.4, 0.5) is 5.13 Å². The lowest BCUT2D eigenvalue weighted by atomic mass is 9.87. The molecule has 2 heterocycles. The van der Waals surface area contributed by atoms with Gasteiger partial charge in [-0.15, -0.1) is 0 Å². The Kier molecular flexibility index (Phi) is 7.63. The van der Waals surface area contributed by atoms with Crippen molar-refractivity contribution in [3.63, 3.8) is 0 Å². The number of hydrogen-bond donors (Lipinski definition) is 1. The van der Waals surface area contributed by atoms with E-state index in [2.05, 4.69) is 60.2 Å². The second kappa shape index (κ2) is 10.6. The SMILES string of the molecule is CC(C)(C)c1ccc(OCCCC(=O)Nc2nc3ccc(CN4CCOCC4)cc3s2)cc1. The van der Waals surface area contributed by atoms with Gasteiger partial charge in [-0.3, -0.25) is 9.69 Å². The summed E-state index contributed by atoms with van der Waals surface area (Å²) in [6, 6.07) is 14.5. The second-order valence-electron chi connectivity index (χ2n) is 9.48. The first-order chi connectivity index (χ1) is 15.9. The summed E-state index contributed by atoms with van der Waals surface area (Å²) in [6.07, 6.45) is 1.06. The molecule has 7 heteroatoms. The number of amides is 1. The number of rotatable bonds is 8. The number of carbonyl (C=O) groups excluding carboxylic acids is 1. The van der Waals surface area contributed by atoms with Crippen LogP contribution < -0.4 is 10.1 Å². The van der Waals surface area contributed by atoms with Crippen molar-refractivity contribution in [1.82, 2.24) is 9.88 Å². The molecule has 2 aromatic carbocycles. The van der Waals surface area contributed by atoms with Crippen molar-refractivity contribution < 1.29 is 14.3 Å². The predicted octanol–water partition coefficient (Wildman–Crippen LogP) is 5.22. The molecule has 1 aliphatic rings. The molecule has 1 saturated heterocycles. The molecule has 4 rings (SSSR count). The van der Waals surface area contributed by atoms with Crippen LogP contribution in [0.5, 0.6) is 5.75 Å². The number of thiazole rings is 1. The normalized spacial score (nSPS) is 15.0. The first-order valence-electron chi connectivity index (χ1n) is 11.6. The summed E-state index contributed by atoms with van der Waals surface area (Å²) in [4.78, 5) is 19.3. The molecule has 1 aliphatic heterocycles. The Bertz CT molecular complexity index is 1070. The molecule has 1 fully saturated rings. The van der Waals surface area contributed by atoms with Gasteiger partial charge in [-0.05, 0) is 47.2 Å². The zero-order chi connectivity index (χ0) is 23.3. The zero-order valence-electron chi connectivity index (χ0n) is 19.7. The van der Waals surface area contributed by atoms with Gasteiger partial charge in [-0.25, -0.2) is 4.98 Å². The number of morpholine rings is 1. The molecule has 0 atom stereocenters. The van der Waals surface area contributed by atoms with Gasteiger partial charge in [0.1, 0.15) is 5.75 Å². The van der Waals surface area contributed by atoms with Crippen LogP contribution in [0.3, 0.4) is 0 Å². The number of fused-ring (bicyclic) bond motifs is 1. The van der Waals surface area contributed by atoms with Crippen LogP contribution in [0.1, 0.15) is 44.7 Å². The Morgan fingerprint density at radius 2 is 1.91 bits per heavy atom. The molecule has 0 unspecified atom stereocenters. The van der Waals surface area contributed by atoms with Crippen molar-refractivity contribution in [2.45, 2.75) is 45.6 Å². The van der Waals surface area contributed by atoms with Crippen LogP contribution in [0.2, 0.25) is 0 Å². The highest BCUT2D eigenvalue weighted by atomic mass is 32.1. The summed E-state index contributed by atoms with van der Waals surface area (Å²) in [5.74, 6) is 0.803. The highest BCUT2D eigenvalue weighted by Crippen LogP contribution is 2.28. The highest BCUT2D eigenvalue weighted by molar-refractivity contribution is 7.22. The van der Waals surface area contributed by atoms with Crippen LogP contribution in [0.25, 0.3) is 10.2 Å². The number of ether oxygens (including phenoxy) is 2. The Morgan fingerprint density at radius 1 is 1.15 bits per heavy atom. The van der Waals surface area contributed by atoms with E-state index in [4.69, 9.17) is 9.47 Å². The van der Waals surface area contributed by atoms with Crippen LogP contribution in [-0.4, -0.2) is 48.7 Å². The van der Waals surface area contributed by atoms with Crippen molar-refractivity contribution in [2.75, 3.05) is 38.2 Å². The number of hydrogen-bond acceptors (Lipinski definition) is 6. The summed E-state index contributed by atoms with van der Waals surface area (Å²) in [5.41, 5.74) is 3.58. The third-order valence-electron chi connectivity index (χ3n) is 5.75. The summed E-state index contributed by atoms with van der Waals surface area (Å²) in [6.45, 7) is 11.5. The third kappa shape index (κ3) is 6.76. The maximum Gasteiger partial charge on any atom is 0.226 e. The quantitative estimate of drug-likeness (QED) is 0.460. The number of aromatic nitrogens is 1. The molecule has 0 aliphatic carbocycles. The fourth-order valence-electron chi connectivity index (χ4n) is 3.79. The van der Waals surface area contributed by atoms with Crippen LogP contribution in [0.15, 0.2) is 42.5 Å². The van der Waals surface area contributed by atoms with E-state index in [0.717, 1.165) is 48.8 Å². The molecular weight excluding hydrogens is 434 g/mol. The van der Waals surface area contributed by atoms with E-state index >= 15 is 0 Å². The van der Waals surface area contributed by atoms with E-state index in [1.807, 2.05) is 18.2 Å². The van der Waals surface area contributed by atoms with E-state index in [-0.39, 0.29) is 11.3 Å². The predicted molar refractivity (Wildman–Crippen MR) is 134 cm³/mol. The van der Waals surface area contributed by atoms with Gasteiger partial charge in [0.15, 0.2) is 5.13 Å². The summed E-state index contributed by atoms with van der Waals surface area (Å²) in [5, 5.41) is 3.59. The largest absolute Gasteiger partial charge is 0.494 e. The van der Waals surface area contributed by atoms with Gasteiger partial charge in [0, 0.05) is 26.1 Å². The topological polar surface area (TPSA) is 63.7 Å². The maximum absolute atomic E-state index is 12.4. The average molecular weight is 468 g/mol. The molecule has 176 valence electrons. The second-order valence-corrected chi connectivity index (χ2v) is 10.5.